The van der Waals surface area contributed by atoms with Crippen molar-refractivity contribution in [2.45, 2.75) is 43.9 Å². The summed E-state index contributed by atoms with van der Waals surface area (Å²) in [4.78, 5) is 24.8. The molecular formula is C23H25NO7. The molecule has 2 fully saturated rings. The molecule has 6 atom stereocenters. The van der Waals surface area contributed by atoms with Crippen LogP contribution in [0.25, 0.3) is 0 Å². The molecule has 6 unspecified atom stereocenters. The molecule has 0 spiro atoms. The van der Waals surface area contributed by atoms with Crippen LogP contribution in [0, 0.1) is 0 Å². The smallest absolute Gasteiger partial charge is 0.303 e. The Bertz CT molecular complexity index is 891. The van der Waals surface area contributed by atoms with E-state index in [0.717, 1.165) is 5.56 Å². The largest absolute Gasteiger partial charge is 0.457 e. The van der Waals surface area contributed by atoms with Gasteiger partial charge < -0.3 is 29.0 Å². The van der Waals surface area contributed by atoms with E-state index < -0.39 is 42.9 Å². The van der Waals surface area contributed by atoms with Crippen LogP contribution in [0.3, 0.4) is 0 Å². The lowest BCUT2D eigenvalue weighted by molar-refractivity contribution is -0.341. The SMILES string of the molecule is COC1OC2COC(c3ccccc3)OC2C(OC(C)=O)C1NC(=O)c1ccccc1. The molecule has 4 rings (SSSR count). The minimum absolute atomic E-state index is 0.223. The highest BCUT2D eigenvalue weighted by molar-refractivity contribution is 5.94. The molecule has 2 saturated heterocycles. The summed E-state index contributed by atoms with van der Waals surface area (Å²) in [6.07, 6.45) is -3.51. The summed E-state index contributed by atoms with van der Waals surface area (Å²) in [6.45, 7) is 1.54. The maximum absolute atomic E-state index is 12.8. The first-order valence-electron chi connectivity index (χ1n) is 10.1. The number of methoxy groups -OCH3 is 1. The quantitative estimate of drug-likeness (QED) is 0.732. The summed E-state index contributed by atoms with van der Waals surface area (Å²) in [5.74, 6) is -0.829. The molecule has 2 aromatic rings. The van der Waals surface area contributed by atoms with Gasteiger partial charge in [-0.25, -0.2) is 0 Å². The van der Waals surface area contributed by atoms with Gasteiger partial charge in [-0.3, -0.25) is 9.59 Å². The number of rotatable bonds is 5. The topological polar surface area (TPSA) is 92.3 Å². The second-order valence-electron chi connectivity index (χ2n) is 7.39. The van der Waals surface area contributed by atoms with Crippen molar-refractivity contribution in [1.82, 2.24) is 5.32 Å². The van der Waals surface area contributed by atoms with Crippen molar-refractivity contribution in [3.8, 4) is 0 Å². The summed E-state index contributed by atoms with van der Waals surface area (Å²) in [5, 5.41) is 2.89. The molecule has 1 amide bonds. The average Bonchev–Trinajstić information content (AvgIpc) is 2.80. The third kappa shape index (κ3) is 4.77. The van der Waals surface area contributed by atoms with Crippen LogP contribution < -0.4 is 5.32 Å². The van der Waals surface area contributed by atoms with Crippen LogP contribution in [0.2, 0.25) is 0 Å². The molecule has 164 valence electrons. The van der Waals surface area contributed by atoms with Crippen molar-refractivity contribution in [2.75, 3.05) is 13.7 Å². The van der Waals surface area contributed by atoms with Crippen LogP contribution in [-0.4, -0.2) is 56.2 Å². The highest BCUT2D eigenvalue weighted by Gasteiger charge is 2.52. The molecule has 0 radical (unpaired) electrons. The molecule has 31 heavy (non-hydrogen) atoms. The van der Waals surface area contributed by atoms with E-state index in [1.165, 1.54) is 14.0 Å². The van der Waals surface area contributed by atoms with Gasteiger partial charge in [0, 0.05) is 25.2 Å². The molecule has 0 bridgehead atoms. The molecule has 2 aromatic carbocycles. The summed E-state index contributed by atoms with van der Waals surface area (Å²) in [7, 11) is 1.47. The van der Waals surface area contributed by atoms with Crippen LogP contribution in [0.1, 0.15) is 29.1 Å². The monoisotopic (exact) mass is 427 g/mol. The maximum atomic E-state index is 12.8. The Morgan fingerprint density at radius 1 is 1.00 bits per heavy atom. The predicted molar refractivity (Wildman–Crippen MR) is 109 cm³/mol. The first kappa shape index (κ1) is 21.5. The van der Waals surface area contributed by atoms with Crippen molar-refractivity contribution in [3.63, 3.8) is 0 Å². The number of carbonyl (C=O) groups excluding carboxylic acids is 2. The second kappa shape index (κ2) is 9.57. The highest BCUT2D eigenvalue weighted by atomic mass is 16.7. The van der Waals surface area contributed by atoms with Gasteiger partial charge in [-0.2, -0.15) is 0 Å². The molecule has 1 N–H and O–H groups in total. The number of fused-ring (bicyclic) bond motifs is 1. The van der Waals surface area contributed by atoms with Crippen LogP contribution in [0.4, 0.5) is 0 Å². The van der Waals surface area contributed by atoms with Crippen LogP contribution in [-0.2, 0) is 28.5 Å². The molecule has 0 aliphatic carbocycles. The van der Waals surface area contributed by atoms with E-state index in [4.69, 9.17) is 23.7 Å². The number of hydrogen-bond acceptors (Lipinski definition) is 7. The first-order valence-corrected chi connectivity index (χ1v) is 10.1. The molecule has 0 saturated carbocycles. The van der Waals surface area contributed by atoms with Crippen LogP contribution >= 0.6 is 0 Å². The first-order chi connectivity index (χ1) is 15.1. The van der Waals surface area contributed by atoms with Crippen LogP contribution in [0.15, 0.2) is 60.7 Å². The third-order valence-electron chi connectivity index (χ3n) is 5.28. The standard InChI is InChI=1S/C23H25NO7/c1-14(25)29-20-18(24-21(26)15-9-5-3-6-10-15)23(27-2)30-17-13-28-22(31-19(17)20)16-11-7-4-8-12-16/h3-12,17-20,22-23H,13H2,1-2H3,(H,24,26). The van der Waals surface area contributed by atoms with Gasteiger partial charge in [-0.05, 0) is 12.1 Å². The zero-order valence-corrected chi connectivity index (χ0v) is 17.3. The zero-order chi connectivity index (χ0) is 21.8. The van der Waals surface area contributed by atoms with E-state index in [1.54, 1.807) is 24.3 Å². The molecule has 0 aromatic heterocycles. The summed E-state index contributed by atoms with van der Waals surface area (Å²) < 4.78 is 29.1. The van der Waals surface area contributed by atoms with Gasteiger partial charge in [-0.1, -0.05) is 48.5 Å². The van der Waals surface area contributed by atoms with Gasteiger partial charge in [0.25, 0.3) is 5.91 Å². The van der Waals surface area contributed by atoms with Gasteiger partial charge in [0.1, 0.15) is 18.2 Å². The van der Waals surface area contributed by atoms with Crippen molar-refractivity contribution < 1.29 is 33.3 Å². The lowest BCUT2D eigenvalue weighted by atomic mass is 9.95. The number of ether oxygens (including phenoxy) is 5. The number of carbonyl (C=O) groups is 2. The van der Waals surface area contributed by atoms with E-state index >= 15 is 0 Å². The Morgan fingerprint density at radius 2 is 1.68 bits per heavy atom. The number of benzene rings is 2. The van der Waals surface area contributed by atoms with Gasteiger partial charge in [0.2, 0.25) is 0 Å². The summed E-state index contributed by atoms with van der Waals surface area (Å²) in [6, 6.07) is 17.4. The fourth-order valence-corrected chi connectivity index (χ4v) is 3.86. The molecule has 2 aliphatic rings. The Labute approximate surface area is 180 Å². The van der Waals surface area contributed by atoms with Crippen molar-refractivity contribution in [2.24, 2.45) is 0 Å². The Balaban J connectivity index is 1.60. The fraction of sp³-hybridized carbons (Fsp3) is 0.391. The lowest BCUT2D eigenvalue weighted by Gasteiger charge is -2.48. The van der Waals surface area contributed by atoms with Crippen molar-refractivity contribution in [1.29, 1.82) is 0 Å². The van der Waals surface area contributed by atoms with E-state index in [9.17, 15) is 9.59 Å². The number of hydrogen-bond donors (Lipinski definition) is 1. The Hall–Kier alpha value is -2.78. The van der Waals surface area contributed by atoms with Gasteiger partial charge in [0.05, 0.1) is 6.61 Å². The van der Waals surface area contributed by atoms with Crippen molar-refractivity contribution >= 4 is 11.9 Å². The second-order valence-corrected chi connectivity index (χ2v) is 7.39. The number of amides is 1. The van der Waals surface area contributed by atoms with E-state index in [-0.39, 0.29) is 12.5 Å². The van der Waals surface area contributed by atoms with E-state index in [1.807, 2.05) is 36.4 Å². The predicted octanol–water partition coefficient (Wildman–Crippen LogP) is 2.20. The molecular weight excluding hydrogens is 402 g/mol. The fourth-order valence-electron chi connectivity index (χ4n) is 3.86. The number of esters is 1. The normalized spacial score (nSPS) is 30.1. The minimum atomic E-state index is -0.848. The average molecular weight is 427 g/mol. The summed E-state index contributed by atoms with van der Waals surface area (Å²) in [5.41, 5.74) is 1.30. The van der Waals surface area contributed by atoms with E-state index in [2.05, 4.69) is 5.32 Å². The third-order valence-corrected chi connectivity index (χ3v) is 5.28. The van der Waals surface area contributed by atoms with Gasteiger partial charge >= 0.3 is 5.97 Å². The summed E-state index contributed by atoms with van der Waals surface area (Å²) >= 11 is 0. The molecule has 2 aliphatic heterocycles. The number of nitrogens with one attached hydrogen (secondary N) is 1. The molecule has 8 nitrogen and oxygen atoms in total. The Morgan fingerprint density at radius 3 is 2.32 bits per heavy atom. The molecule has 8 heteroatoms. The maximum Gasteiger partial charge on any atom is 0.303 e. The highest BCUT2D eigenvalue weighted by Crippen LogP contribution is 2.35. The van der Waals surface area contributed by atoms with Crippen LogP contribution in [0.5, 0.6) is 0 Å². The van der Waals surface area contributed by atoms with E-state index in [0.29, 0.717) is 5.56 Å². The minimum Gasteiger partial charge on any atom is -0.457 e. The van der Waals surface area contributed by atoms with Gasteiger partial charge in [-0.15, -0.1) is 0 Å². The lowest BCUT2D eigenvalue weighted by Crippen LogP contribution is -2.67. The Kier molecular flexibility index (Phi) is 6.62. The van der Waals surface area contributed by atoms with Crippen molar-refractivity contribution in [3.05, 3.63) is 71.8 Å². The zero-order valence-electron chi connectivity index (χ0n) is 17.3. The van der Waals surface area contributed by atoms with Gasteiger partial charge in [0.15, 0.2) is 18.7 Å². The molecule has 2 heterocycles.